The number of rotatable bonds is 4. The van der Waals surface area contributed by atoms with Crippen LogP contribution in [0.15, 0.2) is 30.3 Å². The molecule has 1 aromatic carbocycles. The second-order valence-corrected chi connectivity index (χ2v) is 3.23. The van der Waals surface area contributed by atoms with Crippen LogP contribution >= 0.6 is 0 Å². The first-order valence-electron chi connectivity index (χ1n) is 4.79. The van der Waals surface area contributed by atoms with Gasteiger partial charge in [0.1, 0.15) is 5.92 Å². The van der Waals surface area contributed by atoms with Gasteiger partial charge in [0, 0.05) is 0 Å². The van der Waals surface area contributed by atoms with Crippen LogP contribution in [0.2, 0.25) is 0 Å². The van der Waals surface area contributed by atoms with Gasteiger partial charge in [0.2, 0.25) is 0 Å². The summed E-state index contributed by atoms with van der Waals surface area (Å²) in [6.07, 6.45) is 1.22. The van der Waals surface area contributed by atoms with Crippen molar-refractivity contribution >= 4 is 5.97 Å². The third kappa shape index (κ3) is 3.43. The van der Waals surface area contributed by atoms with Gasteiger partial charge in [-0.1, -0.05) is 30.3 Å². The Morgan fingerprint density at radius 1 is 1.47 bits per heavy atom. The quantitative estimate of drug-likeness (QED) is 0.702. The summed E-state index contributed by atoms with van der Waals surface area (Å²) in [6.45, 7) is 0. The number of nitrogens with zero attached hydrogens (tertiary/aromatic N) is 1. The highest BCUT2D eigenvalue weighted by atomic mass is 16.5. The van der Waals surface area contributed by atoms with Gasteiger partial charge < -0.3 is 4.74 Å². The highest BCUT2D eigenvalue weighted by Gasteiger charge is 2.17. The molecule has 0 heterocycles. The van der Waals surface area contributed by atoms with Gasteiger partial charge in [0.15, 0.2) is 0 Å². The molecule has 1 atom stereocenters. The highest BCUT2D eigenvalue weighted by molar-refractivity contribution is 5.74. The van der Waals surface area contributed by atoms with E-state index >= 15 is 0 Å². The third-order valence-corrected chi connectivity index (χ3v) is 2.21. The number of methoxy groups -OCH3 is 1. The summed E-state index contributed by atoms with van der Waals surface area (Å²) in [4.78, 5) is 11.1. The smallest absolute Gasteiger partial charge is 0.323 e. The molecular formula is C12H13NO2. The molecule has 0 aromatic heterocycles. The molecule has 0 saturated carbocycles. The number of carbonyl (C=O) groups is 1. The molecule has 0 amide bonds. The Morgan fingerprint density at radius 3 is 2.67 bits per heavy atom. The fourth-order valence-electron chi connectivity index (χ4n) is 1.33. The number of hydrogen-bond acceptors (Lipinski definition) is 3. The summed E-state index contributed by atoms with van der Waals surface area (Å²) in [7, 11) is 1.30. The van der Waals surface area contributed by atoms with Gasteiger partial charge in [0.05, 0.1) is 13.2 Å². The van der Waals surface area contributed by atoms with E-state index < -0.39 is 11.9 Å². The van der Waals surface area contributed by atoms with Crippen LogP contribution in [0.25, 0.3) is 0 Å². The normalized spacial score (nSPS) is 11.5. The Kier molecular flexibility index (Phi) is 4.36. The van der Waals surface area contributed by atoms with E-state index in [4.69, 9.17) is 5.26 Å². The number of carbonyl (C=O) groups excluding carboxylic acids is 1. The predicted octanol–water partition coefficient (Wildman–Crippen LogP) is 1.93. The van der Waals surface area contributed by atoms with E-state index in [1.165, 1.54) is 7.11 Å². The molecule has 0 saturated heterocycles. The summed E-state index contributed by atoms with van der Waals surface area (Å²) in [5.74, 6) is -1.11. The summed E-state index contributed by atoms with van der Waals surface area (Å²) < 4.78 is 4.53. The maximum atomic E-state index is 11.1. The largest absolute Gasteiger partial charge is 0.468 e. The number of ether oxygens (including phenoxy) is 1. The van der Waals surface area contributed by atoms with E-state index in [0.29, 0.717) is 12.8 Å². The van der Waals surface area contributed by atoms with Gasteiger partial charge in [-0.3, -0.25) is 4.79 Å². The van der Waals surface area contributed by atoms with Crippen LogP contribution < -0.4 is 0 Å². The van der Waals surface area contributed by atoms with Gasteiger partial charge in [-0.25, -0.2) is 0 Å². The zero-order valence-electron chi connectivity index (χ0n) is 8.64. The van der Waals surface area contributed by atoms with Crippen molar-refractivity contribution in [2.24, 2.45) is 5.92 Å². The summed E-state index contributed by atoms with van der Waals surface area (Å²) >= 11 is 0. The SMILES string of the molecule is COC(=O)C(C#N)CCc1ccccc1. The van der Waals surface area contributed by atoms with E-state index in [1.807, 2.05) is 36.4 Å². The standard InChI is InChI=1S/C12H13NO2/c1-15-12(14)11(9-13)8-7-10-5-3-2-4-6-10/h2-6,11H,7-8H2,1H3. The second-order valence-electron chi connectivity index (χ2n) is 3.23. The molecule has 0 aliphatic carbocycles. The van der Waals surface area contributed by atoms with Crippen LogP contribution in [0, 0.1) is 17.2 Å². The van der Waals surface area contributed by atoms with Crippen LogP contribution in [0.5, 0.6) is 0 Å². The minimum absolute atomic E-state index is 0.451. The number of aryl methyl sites for hydroxylation is 1. The number of benzene rings is 1. The average molecular weight is 203 g/mol. The topological polar surface area (TPSA) is 50.1 Å². The van der Waals surface area contributed by atoms with Gasteiger partial charge in [-0.15, -0.1) is 0 Å². The average Bonchev–Trinajstić information content (AvgIpc) is 2.31. The van der Waals surface area contributed by atoms with E-state index in [9.17, 15) is 4.79 Å². The Labute approximate surface area is 89.3 Å². The van der Waals surface area contributed by atoms with Crippen molar-refractivity contribution in [1.29, 1.82) is 5.26 Å². The lowest BCUT2D eigenvalue weighted by molar-refractivity contribution is -0.143. The minimum atomic E-state index is -0.657. The zero-order valence-corrected chi connectivity index (χ0v) is 8.64. The van der Waals surface area contributed by atoms with Crippen LogP contribution in [0.4, 0.5) is 0 Å². The molecule has 0 spiro atoms. The van der Waals surface area contributed by atoms with Gasteiger partial charge >= 0.3 is 5.97 Å². The third-order valence-electron chi connectivity index (χ3n) is 2.21. The first kappa shape index (κ1) is 11.3. The Morgan fingerprint density at radius 2 is 2.13 bits per heavy atom. The number of esters is 1. The molecule has 3 nitrogen and oxygen atoms in total. The number of hydrogen-bond donors (Lipinski definition) is 0. The molecule has 1 aromatic rings. The molecular weight excluding hydrogens is 190 g/mol. The van der Waals surface area contributed by atoms with Crippen LogP contribution in [-0.4, -0.2) is 13.1 Å². The maximum Gasteiger partial charge on any atom is 0.323 e. The molecule has 3 heteroatoms. The van der Waals surface area contributed by atoms with Crippen molar-refractivity contribution in [3.63, 3.8) is 0 Å². The zero-order chi connectivity index (χ0) is 11.1. The minimum Gasteiger partial charge on any atom is -0.468 e. The first-order valence-corrected chi connectivity index (χ1v) is 4.79. The van der Waals surface area contributed by atoms with Crippen molar-refractivity contribution in [1.82, 2.24) is 0 Å². The first-order chi connectivity index (χ1) is 7.27. The molecule has 1 rings (SSSR count). The lowest BCUT2D eigenvalue weighted by Gasteiger charge is -2.06. The lowest BCUT2D eigenvalue weighted by Crippen LogP contribution is -2.15. The van der Waals surface area contributed by atoms with E-state index in [0.717, 1.165) is 5.56 Å². The monoisotopic (exact) mass is 203 g/mol. The Balaban J connectivity index is 2.49. The van der Waals surface area contributed by atoms with Crippen LogP contribution in [0.1, 0.15) is 12.0 Å². The van der Waals surface area contributed by atoms with E-state index in [2.05, 4.69) is 4.74 Å². The van der Waals surface area contributed by atoms with Crippen LogP contribution in [-0.2, 0) is 16.0 Å². The fraction of sp³-hybridized carbons (Fsp3) is 0.333. The molecule has 0 fully saturated rings. The molecule has 0 aliphatic heterocycles. The molecule has 0 radical (unpaired) electrons. The molecule has 15 heavy (non-hydrogen) atoms. The summed E-state index contributed by atoms with van der Waals surface area (Å²) in [5, 5.41) is 8.75. The van der Waals surface area contributed by atoms with Crippen LogP contribution in [0.3, 0.4) is 0 Å². The van der Waals surface area contributed by atoms with Crippen molar-refractivity contribution in [2.75, 3.05) is 7.11 Å². The van der Waals surface area contributed by atoms with Gasteiger partial charge in [-0.2, -0.15) is 5.26 Å². The lowest BCUT2D eigenvalue weighted by atomic mass is 10.0. The molecule has 0 bridgehead atoms. The highest BCUT2D eigenvalue weighted by Crippen LogP contribution is 2.10. The molecule has 0 aliphatic rings. The Hall–Kier alpha value is -1.82. The van der Waals surface area contributed by atoms with Crippen molar-refractivity contribution in [3.05, 3.63) is 35.9 Å². The van der Waals surface area contributed by atoms with E-state index in [1.54, 1.807) is 0 Å². The number of nitriles is 1. The molecule has 0 N–H and O–H groups in total. The van der Waals surface area contributed by atoms with Crippen molar-refractivity contribution < 1.29 is 9.53 Å². The predicted molar refractivity (Wildman–Crippen MR) is 55.9 cm³/mol. The second kappa shape index (κ2) is 5.82. The molecule has 78 valence electrons. The summed E-state index contributed by atoms with van der Waals surface area (Å²) in [5.41, 5.74) is 1.13. The maximum absolute atomic E-state index is 11.1. The molecule has 1 unspecified atom stereocenters. The van der Waals surface area contributed by atoms with Gasteiger partial charge in [0.25, 0.3) is 0 Å². The van der Waals surface area contributed by atoms with Crippen molar-refractivity contribution in [3.8, 4) is 6.07 Å². The van der Waals surface area contributed by atoms with E-state index in [-0.39, 0.29) is 0 Å². The Bertz CT molecular complexity index is 354. The summed E-state index contributed by atoms with van der Waals surface area (Å²) in [6, 6.07) is 11.7. The van der Waals surface area contributed by atoms with Crippen molar-refractivity contribution in [2.45, 2.75) is 12.8 Å². The van der Waals surface area contributed by atoms with Gasteiger partial charge in [-0.05, 0) is 18.4 Å². The fourth-order valence-corrected chi connectivity index (χ4v) is 1.33.